The second kappa shape index (κ2) is 44.9. The summed E-state index contributed by atoms with van der Waals surface area (Å²) in [4.78, 5) is 92.8. The van der Waals surface area contributed by atoms with Gasteiger partial charge in [0.15, 0.2) is 0 Å². The van der Waals surface area contributed by atoms with Crippen LogP contribution in [0.4, 0.5) is 0 Å². The molecule has 0 bridgehead atoms. The van der Waals surface area contributed by atoms with E-state index in [2.05, 4.69) is 26.6 Å². The zero-order valence-corrected chi connectivity index (χ0v) is 38.9. The maximum Gasteiger partial charge on any atom is 0.326 e. The smallest absolute Gasteiger partial charge is 0.326 e. The van der Waals surface area contributed by atoms with Gasteiger partial charge in [0.2, 0.25) is 29.5 Å². The first kappa shape index (κ1) is 60.8. The summed E-state index contributed by atoms with van der Waals surface area (Å²) in [6, 6.07) is -1.61. The minimum Gasteiger partial charge on any atom is -0.481 e. The first-order chi connectivity index (χ1) is 31.4. The zero-order chi connectivity index (χ0) is 48.0. The molecule has 0 saturated carbocycles. The van der Waals surface area contributed by atoms with Crippen molar-refractivity contribution >= 4 is 47.8 Å². The summed E-state index contributed by atoms with van der Waals surface area (Å²) < 4.78 is 21.3. The average molecular weight is 931 g/mol. The molecule has 20 nitrogen and oxygen atoms in total. The van der Waals surface area contributed by atoms with E-state index in [4.69, 9.17) is 29.8 Å². The number of carbonyl (C=O) groups excluding carboxylic acids is 6. The van der Waals surface area contributed by atoms with Crippen LogP contribution in [0.2, 0.25) is 0 Å². The number of aldehydes is 1. The predicted octanol–water partition coefficient (Wildman–Crippen LogP) is 2.67. The number of amides is 5. The Kier molecular flexibility index (Phi) is 42.0. The number of hydrogen-bond acceptors (Lipinski definition) is 13. The molecule has 9 N–H and O–H groups in total. The molecule has 0 aliphatic carbocycles. The third-order valence-electron chi connectivity index (χ3n) is 10.0. The van der Waals surface area contributed by atoms with Gasteiger partial charge in [-0.15, -0.1) is 0 Å². The number of ether oxygens (including phenoxy) is 4. The van der Waals surface area contributed by atoms with E-state index in [0.717, 1.165) is 57.8 Å². The largest absolute Gasteiger partial charge is 0.481 e. The van der Waals surface area contributed by atoms with Crippen LogP contribution in [0.5, 0.6) is 0 Å². The molecule has 0 aromatic rings. The van der Waals surface area contributed by atoms with Gasteiger partial charge in [-0.25, -0.2) is 4.79 Å². The van der Waals surface area contributed by atoms with Gasteiger partial charge in [-0.05, 0) is 44.9 Å². The van der Waals surface area contributed by atoms with Crippen LogP contribution in [0.3, 0.4) is 0 Å². The van der Waals surface area contributed by atoms with E-state index in [1.54, 1.807) is 0 Å². The highest BCUT2D eigenvalue weighted by Gasteiger charge is 2.21. The second-order valence-corrected chi connectivity index (χ2v) is 16.0. The Morgan fingerprint density at radius 1 is 0.431 bits per heavy atom. The van der Waals surface area contributed by atoms with Gasteiger partial charge < -0.3 is 66.3 Å². The van der Waals surface area contributed by atoms with Crippen molar-refractivity contribution in [2.24, 2.45) is 5.73 Å². The number of nitrogens with one attached hydrogen (secondary N) is 5. The van der Waals surface area contributed by atoms with Crippen LogP contribution in [0, 0.1) is 0 Å². The van der Waals surface area contributed by atoms with Crippen molar-refractivity contribution in [2.75, 3.05) is 79.0 Å². The number of carboxylic acids is 2. The third-order valence-corrected chi connectivity index (χ3v) is 10.0. The molecule has 20 heteroatoms. The first-order valence-corrected chi connectivity index (χ1v) is 23.8. The fraction of sp³-hybridized carbons (Fsp3) is 0.822. The minimum atomic E-state index is -1.19. The van der Waals surface area contributed by atoms with Crippen LogP contribution in [0.25, 0.3) is 0 Å². The molecule has 0 unspecified atom stereocenters. The molecule has 65 heavy (non-hydrogen) atoms. The Hall–Kier alpha value is -4.24. The summed E-state index contributed by atoms with van der Waals surface area (Å²) in [5, 5.41) is 31.5. The molecule has 5 amide bonds. The molecule has 2 atom stereocenters. The van der Waals surface area contributed by atoms with E-state index in [0.29, 0.717) is 38.6 Å². The van der Waals surface area contributed by atoms with Crippen LogP contribution < -0.4 is 32.3 Å². The fourth-order valence-corrected chi connectivity index (χ4v) is 6.33. The standard InChI is InChI=1S/C45H82N6O14/c46-37(34-52)18-15-16-24-47-39(53)20-17-25-48-42(56)35-64-32-31-63-29-27-50-43(57)36-65-33-30-62-28-26-49-40(54)23-22-38(45(60)61)51-41(55)19-13-11-9-7-5-3-1-2-4-6-8-10-12-14-21-44(58)59/h34,37-38H,1-33,35-36,46H2,(H,47,53)(H,48,56)(H,49,54)(H,50,57)(H,51,55)(H,58,59)(H,60,61)/t37-,38-/m0/s1. The van der Waals surface area contributed by atoms with E-state index in [1.165, 1.54) is 38.5 Å². The van der Waals surface area contributed by atoms with E-state index in [-0.39, 0.29) is 128 Å². The van der Waals surface area contributed by atoms with E-state index in [9.17, 15) is 43.5 Å². The molecule has 0 saturated heterocycles. The predicted molar refractivity (Wildman–Crippen MR) is 243 cm³/mol. The highest BCUT2D eigenvalue weighted by atomic mass is 16.5. The maximum absolute atomic E-state index is 12.3. The summed E-state index contributed by atoms with van der Waals surface area (Å²) >= 11 is 0. The molecule has 376 valence electrons. The lowest BCUT2D eigenvalue weighted by Crippen LogP contribution is -2.41. The monoisotopic (exact) mass is 931 g/mol. The molecule has 0 fully saturated rings. The summed E-state index contributed by atoms with van der Waals surface area (Å²) in [5.41, 5.74) is 5.52. The van der Waals surface area contributed by atoms with Gasteiger partial charge in [-0.3, -0.25) is 28.8 Å². The van der Waals surface area contributed by atoms with Gasteiger partial charge in [0.1, 0.15) is 25.5 Å². The Labute approximate surface area is 385 Å². The van der Waals surface area contributed by atoms with Gasteiger partial charge in [0.25, 0.3) is 0 Å². The molecule has 0 rings (SSSR count). The quantitative estimate of drug-likeness (QED) is 0.0322. The number of nitrogens with two attached hydrogens (primary N) is 1. The number of carboxylic acid groups (broad SMARTS) is 2. The number of carbonyl (C=O) groups is 8. The molecule has 0 aromatic carbocycles. The van der Waals surface area contributed by atoms with Crippen molar-refractivity contribution in [3.8, 4) is 0 Å². The van der Waals surface area contributed by atoms with E-state index in [1.807, 2.05) is 0 Å². The lowest BCUT2D eigenvalue weighted by Gasteiger charge is -2.14. The number of aliphatic carboxylic acids is 2. The lowest BCUT2D eigenvalue weighted by atomic mass is 10.0. The molecule has 0 spiro atoms. The van der Waals surface area contributed by atoms with Crippen molar-refractivity contribution in [3.63, 3.8) is 0 Å². The van der Waals surface area contributed by atoms with Crippen molar-refractivity contribution in [1.29, 1.82) is 0 Å². The number of unbranched alkanes of at least 4 members (excludes halogenated alkanes) is 14. The highest BCUT2D eigenvalue weighted by Crippen LogP contribution is 2.14. The van der Waals surface area contributed by atoms with Crippen LogP contribution >= 0.6 is 0 Å². The van der Waals surface area contributed by atoms with Crippen LogP contribution in [0.15, 0.2) is 0 Å². The van der Waals surface area contributed by atoms with Crippen molar-refractivity contribution < 1.29 is 67.5 Å². The van der Waals surface area contributed by atoms with Gasteiger partial charge in [-0.2, -0.15) is 0 Å². The molecule has 0 heterocycles. The summed E-state index contributed by atoms with van der Waals surface area (Å²) in [7, 11) is 0. The van der Waals surface area contributed by atoms with E-state index < -0.39 is 24.0 Å². The molecule has 0 aliphatic rings. The Balaban J connectivity index is 3.64. The van der Waals surface area contributed by atoms with Crippen LogP contribution in [0.1, 0.15) is 148 Å². The van der Waals surface area contributed by atoms with Gasteiger partial charge in [-0.1, -0.05) is 77.0 Å². The first-order valence-electron chi connectivity index (χ1n) is 23.8. The van der Waals surface area contributed by atoms with Crippen LogP contribution in [-0.2, 0) is 57.3 Å². The van der Waals surface area contributed by atoms with Crippen molar-refractivity contribution in [2.45, 2.75) is 160 Å². The molecule has 0 aromatic heterocycles. The summed E-state index contributed by atoms with van der Waals surface area (Å²) in [6.45, 7) is 2.19. The fourth-order valence-electron chi connectivity index (χ4n) is 6.33. The molecule has 0 aliphatic heterocycles. The van der Waals surface area contributed by atoms with Crippen molar-refractivity contribution in [3.05, 3.63) is 0 Å². The molecular formula is C45H82N6O14. The van der Waals surface area contributed by atoms with E-state index >= 15 is 0 Å². The summed E-state index contributed by atoms with van der Waals surface area (Å²) in [6.07, 6.45) is 19.0. The number of rotatable bonds is 48. The van der Waals surface area contributed by atoms with Gasteiger partial charge in [0.05, 0.1) is 45.7 Å². The van der Waals surface area contributed by atoms with Gasteiger partial charge >= 0.3 is 11.9 Å². The normalized spacial score (nSPS) is 11.9. The SMILES string of the molecule is N[C@H](C=O)CCCCNC(=O)CCCNC(=O)COCCOCCNC(=O)COCCOCCNC(=O)CC[C@H](NC(=O)CCCCCCCCCCCCCCCCC(=O)O)C(=O)O. The Bertz CT molecular complexity index is 1290. The highest BCUT2D eigenvalue weighted by molar-refractivity contribution is 5.84. The minimum absolute atomic E-state index is 0.0333. The Morgan fingerprint density at radius 2 is 0.846 bits per heavy atom. The maximum atomic E-state index is 12.3. The summed E-state index contributed by atoms with van der Waals surface area (Å²) in [5.74, 6) is -3.34. The topological polar surface area (TPSA) is 300 Å². The van der Waals surface area contributed by atoms with Gasteiger partial charge in [0, 0.05) is 51.9 Å². The Morgan fingerprint density at radius 3 is 1.35 bits per heavy atom. The number of hydrogen-bond donors (Lipinski definition) is 8. The zero-order valence-electron chi connectivity index (χ0n) is 38.9. The average Bonchev–Trinajstić information content (AvgIpc) is 3.27. The molecular weight excluding hydrogens is 849 g/mol. The second-order valence-electron chi connectivity index (χ2n) is 16.0. The lowest BCUT2D eigenvalue weighted by molar-refractivity contribution is -0.142. The molecule has 0 radical (unpaired) electrons. The third kappa shape index (κ3) is 44.7. The van der Waals surface area contributed by atoms with Crippen molar-refractivity contribution in [1.82, 2.24) is 26.6 Å². The van der Waals surface area contributed by atoms with Crippen LogP contribution in [-0.4, -0.2) is 149 Å².